The third-order valence-corrected chi connectivity index (χ3v) is 1.21. The topological polar surface area (TPSA) is 47.6 Å². The average molecular weight is 243 g/mol. The summed E-state index contributed by atoms with van der Waals surface area (Å²) in [5.41, 5.74) is 1.58. The van der Waals surface area contributed by atoms with Gasteiger partial charge in [-0.05, 0) is 20.8 Å². The van der Waals surface area contributed by atoms with Crippen LogP contribution in [0.4, 0.5) is 13.2 Å². The number of hydrogen-bond donors (Lipinski definition) is 1. The Bertz CT molecular complexity index is 223. The van der Waals surface area contributed by atoms with Crippen LogP contribution in [0.3, 0.4) is 0 Å². The zero-order valence-electron chi connectivity index (χ0n) is 9.48. The van der Waals surface area contributed by atoms with Crippen molar-refractivity contribution in [2.24, 2.45) is 0 Å². The van der Waals surface area contributed by atoms with Crippen LogP contribution in [0.1, 0.15) is 27.2 Å². The van der Waals surface area contributed by atoms with Gasteiger partial charge in [-0.15, -0.1) is 0 Å². The van der Waals surface area contributed by atoms with Gasteiger partial charge in [0.15, 0.2) is 0 Å². The number of rotatable bonds is 5. The summed E-state index contributed by atoms with van der Waals surface area (Å²) >= 11 is 0. The van der Waals surface area contributed by atoms with Crippen molar-refractivity contribution in [3.63, 3.8) is 0 Å². The summed E-state index contributed by atoms with van der Waals surface area (Å²) in [5, 5.41) is 0. The molecule has 1 N–H and O–H groups in total. The third-order valence-electron chi connectivity index (χ3n) is 1.21. The van der Waals surface area contributed by atoms with Crippen LogP contribution in [0.5, 0.6) is 0 Å². The first-order valence-corrected chi connectivity index (χ1v) is 4.71. The molecule has 16 heavy (non-hydrogen) atoms. The minimum absolute atomic E-state index is 0.174. The molecular weight excluding hydrogens is 227 g/mol. The van der Waals surface area contributed by atoms with Gasteiger partial charge in [0.1, 0.15) is 6.61 Å². The fraction of sp³-hybridized carbons (Fsp3) is 0.889. The third kappa shape index (κ3) is 11.3. The summed E-state index contributed by atoms with van der Waals surface area (Å²) in [4.78, 5) is 15.9. The second kappa shape index (κ2) is 6.05. The molecule has 0 spiro atoms. The van der Waals surface area contributed by atoms with Crippen LogP contribution in [0.25, 0.3) is 0 Å². The van der Waals surface area contributed by atoms with Gasteiger partial charge in [-0.1, -0.05) is 0 Å². The van der Waals surface area contributed by atoms with Crippen LogP contribution in [0.2, 0.25) is 0 Å². The maximum absolute atomic E-state index is 11.6. The molecule has 7 heteroatoms. The molecule has 0 bridgehead atoms. The number of alkyl halides is 3. The first kappa shape index (κ1) is 15.2. The SMILES string of the molecule is CC(C)(C)ONC(=O)CCOCC(F)(F)F. The molecule has 0 radical (unpaired) electrons. The van der Waals surface area contributed by atoms with E-state index >= 15 is 0 Å². The summed E-state index contributed by atoms with van der Waals surface area (Å²) in [6.45, 7) is 3.55. The van der Waals surface area contributed by atoms with Crippen molar-refractivity contribution in [1.29, 1.82) is 0 Å². The summed E-state index contributed by atoms with van der Waals surface area (Å²) < 4.78 is 39.2. The molecule has 96 valence electrons. The van der Waals surface area contributed by atoms with Crippen molar-refractivity contribution in [3.8, 4) is 0 Å². The second-order valence-corrected chi connectivity index (χ2v) is 4.16. The van der Waals surface area contributed by atoms with Crippen LogP contribution in [0, 0.1) is 0 Å². The Morgan fingerprint density at radius 1 is 1.25 bits per heavy atom. The van der Waals surface area contributed by atoms with Gasteiger partial charge >= 0.3 is 6.18 Å². The lowest BCUT2D eigenvalue weighted by molar-refractivity contribution is -0.176. The summed E-state index contributed by atoms with van der Waals surface area (Å²) in [7, 11) is 0. The van der Waals surface area contributed by atoms with Crippen LogP contribution >= 0.6 is 0 Å². The van der Waals surface area contributed by atoms with Crippen molar-refractivity contribution < 1.29 is 27.5 Å². The highest BCUT2D eigenvalue weighted by Gasteiger charge is 2.27. The van der Waals surface area contributed by atoms with Gasteiger partial charge in [-0.2, -0.15) is 13.2 Å². The van der Waals surface area contributed by atoms with Crippen molar-refractivity contribution in [1.82, 2.24) is 5.48 Å². The number of ether oxygens (including phenoxy) is 1. The fourth-order valence-electron chi connectivity index (χ4n) is 0.614. The smallest absolute Gasteiger partial charge is 0.372 e. The number of hydrogen-bond acceptors (Lipinski definition) is 3. The lowest BCUT2D eigenvalue weighted by Crippen LogP contribution is -2.34. The van der Waals surface area contributed by atoms with E-state index in [4.69, 9.17) is 4.84 Å². The highest BCUT2D eigenvalue weighted by molar-refractivity contribution is 5.74. The van der Waals surface area contributed by atoms with E-state index in [1.54, 1.807) is 20.8 Å². The van der Waals surface area contributed by atoms with E-state index in [0.717, 1.165) is 0 Å². The van der Waals surface area contributed by atoms with Gasteiger partial charge in [0, 0.05) is 0 Å². The molecule has 0 aliphatic rings. The predicted molar refractivity (Wildman–Crippen MR) is 50.5 cm³/mol. The number of halogens is 3. The van der Waals surface area contributed by atoms with Crippen LogP contribution in [-0.4, -0.2) is 30.9 Å². The molecule has 0 aliphatic heterocycles. The Balaban J connectivity index is 3.52. The van der Waals surface area contributed by atoms with E-state index in [9.17, 15) is 18.0 Å². The minimum Gasteiger partial charge on any atom is -0.372 e. The van der Waals surface area contributed by atoms with Crippen molar-refractivity contribution >= 4 is 5.91 Å². The standard InChI is InChI=1S/C9H16F3NO3/c1-8(2,3)16-13-7(14)4-5-15-6-9(10,11)12/h4-6H2,1-3H3,(H,13,14). The summed E-state index contributed by atoms with van der Waals surface area (Å²) in [6, 6.07) is 0. The fourth-order valence-corrected chi connectivity index (χ4v) is 0.614. The van der Waals surface area contributed by atoms with Gasteiger partial charge in [0.2, 0.25) is 5.91 Å². The summed E-state index contributed by atoms with van der Waals surface area (Å²) in [5.74, 6) is -0.517. The van der Waals surface area contributed by atoms with E-state index in [1.807, 2.05) is 0 Å². The van der Waals surface area contributed by atoms with E-state index in [-0.39, 0.29) is 13.0 Å². The Kier molecular flexibility index (Phi) is 5.74. The lowest BCUT2D eigenvalue weighted by Gasteiger charge is -2.18. The quantitative estimate of drug-likeness (QED) is 0.591. The van der Waals surface area contributed by atoms with Crippen molar-refractivity contribution in [3.05, 3.63) is 0 Å². The van der Waals surface area contributed by atoms with Crippen LogP contribution in [-0.2, 0) is 14.4 Å². The first-order chi connectivity index (χ1) is 7.10. The molecule has 0 atom stereocenters. The molecule has 0 aromatic carbocycles. The number of nitrogens with one attached hydrogen (secondary N) is 1. The molecule has 4 nitrogen and oxygen atoms in total. The Morgan fingerprint density at radius 3 is 2.25 bits per heavy atom. The van der Waals surface area contributed by atoms with Gasteiger partial charge in [0.25, 0.3) is 0 Å². The van der Waals surface area contributed by atoms with Gasteiger partial charge in [-0.3, -0.25) is 9.63 Å². The molecule has 0 aliphatic carbocycles. The Labute approximate surface area is 92.0 Å². The number of amides is 1. The van der Waals surface area contributed by atoms with Gasteiger partial charge in [-0.25, -0.2) is 5.48 Å². The number of carbonyl (C=O) groups is 1. The Hall–Kier alpha value is -0.820. The largest absolute Gasteiger partial charge is 0.411 e. The summed E-state index contributed by atoms with van der Waals surface area (Å²) in [6.07, 6.45) is -4.54. The molecule has 1 amide bonds. The second-order valence-electron chi connectivity index (χ2n) is 4.16. The van der Waals surface area contributed by atoms with E-state index in [2.05, 4.69) is 10.2 Å². The van der Waals surface area contributed by atoms with Gasteiger partial charge < -0.3 is 4.74 Å². The molecule has 0 saturated carbocycles. The number of hydroxylamine groups is 1. The van der Waals surface area contributed by atoms with E-state index in [1.165, 1.54) is 0 Å². The molecule has 0 fully saturated rings. The lowest BCUT2D eigenvalue weighted by atomic mass is 10.2. The molecule has 0 aromatic heterocycles. The predicted octanol–water partition coefficient (Wildman–Crippen LogP) is 1.80. The first-order valence-electron chi connectivity index (χ1n) is 4.71. The van der Waals surface area contributed by atoms with E-state index in [0.29, 0.717) is 0 Å². The van der Waals surface area contributed by atoms with Crippen molar-refractivity contribution in [2.45, 2.75) is 39.0 Å². The zero-order chi connectivity index (χ0) is 12.8. The highest BCUT2D eigenvalue weighted by Crippen LogP contribution is 2.14. The highest BCUT2D eigenvalue weighted by atomic mass is 19.4. The molecule has 0 saturated heterocycles. The van der Waals surface area contributed by atoms with Crippen LogP contribution < -0.4 is 5.48 Å². The molecule has 0 unspecified atom stereocenters. The molecular formula is C9H16F3NO3. The normalized spacial score (nSPS) is 12.6. The maximum atomic E-state index is 11.6. The molecule has 0 rings (SSSR count). The minimum atomic E-state index is -4.36. The van der Waals surface area contributed by atoms with Gasteiger partial charge in [0.05, 0.1) is 18.6 Å². The monoisotopic (exact) mass is 243 g/mol. The molecule has 0 heterocycles. The average Bonchev–Trinajstić information content (AvgIpc) is 2.06. The van der Waals surface area contributed by atoms with E-state index < -0.39 is 24.3 Å². The number of carbonyl (C=O) groups excluding carboxylic acids is 1. The maximum Gasteiger partial charge on any atom is 0.411 e. The Morgan fingerprint density at radius 2 is 1.81 bits per heavy atom. The zero-order valence-corrected chi connectivity index (χ0v) is 9.48. The van der Waals surface area contributed by atoms with Crippen LogP contribution in [0.15, 0.2) is 0 Å². The van der Waals surface area contributed by atoms with Crippen molar-refractivity contribution in [2.75, 3.05) is 13.2 Å². The molecule has 0 aromatic rings.